The van der Waals surface area contributed by atoms with Crippen LogP contribution in [0.1, 0.15) is 21.7 Å². The summed E-state index contributed by atoms with van der Waals surface area (Å²) in [7, 11) is 0. The standard InChI is InChI=1S/C22H24N2O2/c1-17-19-9-5-6-10-20(19)26-21(17)22(25)24-15-13-23(14-16-24)12-11-18-7-3-2-4-8-18/h2-10H,11-16H2,1H3/p+1. The summed E-state index contributed by atoms with van der Waals surface area (Å²) in [6, 6.07) is 18.5. The lowest BCUT2D eigenvalue weighted by Gasteiger charge is -2.32. The minimum Gasteiger partial charge on any atom is -0.451 e. The number of amides is 1. The van der Waals surface area contributed by atoms with Gasteiger partial charge in [0, 0.05) is 17.4 Å². The highest BCUT2D eigenvalue weighted by Gasteiger charge is 2.28. The Labute approximate surface area is 154 Å². The van der Waals surface area contributed by atoms with Crippen LogP contribution in [0, 0.1) is 6.92 Å². The molecule has 4 heteroatoms. The van der Waals surface area contributed by atoms with E-state index < -0.39 is 0 Å². The van der Waals surface area contributed by atoms with Gasteiger partial charge < -0.3 is 14.2 Å². The molecule has 26 heavy (non-hydrogen) atoms. The normalized spacial score (nSPS) is 15.5. The number of rotatable bonds is 4. The van der Waals surface area contributed by atoms with Gasteiger partial charge in [0.05, 0.1) is 32.7 Å². The summed E-state index contributed by atoms with van der Waals surface area (Å²) in [5.74, 6) is 0.528. The fourth-order valence-electron chi connectivity index (χ4n) is 3.76. The monoisotopic (exact) mass is 349 g/mol. The third-order valence-electron chi connectivity index (χ3n) is 5.41. The van der Waals surface area contributed by atoms with E-state index in [-0.39, 0.29) is 5.91 Å². The van der Waals surface area contributed by atoms with Crippen LogP contribution in [-0.2, 0) is 6.42 Å². The summed E-state index contributed by atoms with van der Waals surface area (Å²) in [5.41, 5.74) is 3.13. The highest BCUT2D eigenvalue weighted by Crippen LogP contribution is 2.25. The van der Waals surface area contributed by atoms with Crippen LogP contribution in [0.15, 0.2) is 59.0 Å². The molecular weight excluding hydrogens is 324 g/mol. The molecule has 2 heterocycles. The first kappa shape index (κ1) is 16.9. The van der Waals surface area contributed by atoms with Crippen LogP contribution in [0.5, 0.6) is 0 Å². The number of nitrogens with zero attached hydrogens (tertiary/aromatic N) is 1. The molecule has 4 rings (SSSR count). The van der Waals surface area contributed by atoms with Gasteiger partial charge in [-0.15, -0.1) is 0 Å². The zero-order chi connectivity index (χ0) is 17.9. The highest BCUT2D eigenvalue weighted by molar-refractivity contribution is 5.98. The van der Waals surface area contributed by atoms with Crippen molar-refractivity contribution in [2.45, 2.75) is 13.3 Å². The molecule has 3 aromatic rings. The number of piperazine rings is 1. The maximum Gasteiger partial charge on any atom is 0.290 e. The minimum atomic E-state index is 0.0285. The molecule has 1 aromatic heterocycles. The molecule has 0 saturated carbocycles. The lowest BCUT2D eigenvalue weighted by atomic mass is 10.1. The Morgan fingerprint density at radius 2 is 1.73 bits per heavy atom. The molecule has 0 atom stereocenters. The van der Waals surface area contributed by atoms with Gasteiger partial charge >= 0.3 is 0 Å². The van der Waals surface area contributed by atoms with Crippen molar-refractivity contribution in [3.05, 3.63) is 71.5 Å². The van der Waals surface area contributed by atoms with Gasteiger partial charge in [-0.2, -0.15) is 0 Å². The summed E-state index contributed by atoms with van der Waals surface area (Å²) in [4.78, 5) is 16.4. The molecule has 0 bridgehead atoms. The summed E-state index contributed by atoms with van der Waals surface area (Å²) >= 11 is 0. The molecule has 1 saturated heterocycles. The first-order valence-electron chi connectivity index (χ1n) is 9.37. The first-order chi connectivity index (χ1) is 12.7. The summed E-state index contributed by atoms with van der Waals surface area (Å²) in [6.07, 6.45) is 1.09. The lowest BCUT2D eigenvalue weighted by molar-refractivity contribution is -0.903. The number of nitrogens with one attached hydrogen (secondary N) is 1. The predicted octanol–water partition coefficient (Wildman–Crippen LogP) is 2.32. The van der Waals surface area contributed by atoms with E-state index in [9.17, 15) is 4.79 Å². The molecule has 1 aliphatic heterocycles. The number of furan rings is 1. The van der Waals surface area contributed by atoms with Crippen LogP contribution < -0.4 is 4.90 Å². The van der Waals surface area contributed by atoms with Crippen molar-refractivity contribution in [2.75, 3.05) is 32.7 Å². The average molecular weight is 349 g/mol. The van der Waals surface area contributed by atoms with Crippen LogP contribution in [0.4, 0.5) is 0 Å². The van der Waals surface area contributed by atoms with E-state index in [1.165, 1.54) is 5.56 Å². The molecule has 0 spiro atoms. The molecule has 1 amide bonds. The van der Waals surface area contributed by atoms with Crippen LogP contribution in [-0.4, -0.2) is 43.5 Å². The zero-order valence-electron chi connectivity index (χ0n) is 15.2. The van der Waals surface area contributed by atoms with E-state index in [0.29, 0.717) is 5.76 Å². The maximum absolute atomic E-state index is 12.9. The smallest absolute Gasteiger partial charge is 0.290 e. The van der Waals surface area contributed by atoms with Gasteiger partial charge in [-0.3, -0.25) is 4.79 Å². The maximum atomic E-state index is 12.9. The van der Waals surface area contributed by atoms with Crippen molar-refractivity contribution in [1.29, 1.82) is 0 Å². The second-order valence-electron chi connectivity index (χ2n) is 7.08. The van der Waals surface area contributed by atoms with Crippen LogP contribution >= 0.6 is 0 Å². The SMILES string of the molecule is Cc1c(C(=O)N2CC[NH+](CCc3ccccc3)CC2)oc2ccccc12. The molecular formula is C22H25N2O2+. The van der Waals surface area contributed by atoms with Gasteiger partial charge in [0.2, 0.25) is 0 Å². The average Bonchev–Trinajstić information content (AvgIpc) is 3.04. The van der Waals surface area contributed by atoms with Gasteiger partial charge in [0.1, 0.15) is 5.58 Å². The van der Waals surface area contributed by atoms with Crippen molar-refractivity contribution in [3.63, 3.8) is 0 Å². The number of hydrogen-bond acceptors (Lipinski definition) is 2. The minimum absolute atomic E-state index is 0.0285. The molecule has 1 aliphatic rings. The second kappa shape index (κ2) is 7.34. The van der Waals surface area contributed by atoms with Gasteiger partial charge in [-0.05, 0) is 18.6 Å². The van der Waals surface area contributed by atoms with E-state index in [0.717, 1.165) is 55.7 Å². The molecule has 1 N–H and O–H groups in total. The number of benzene rings is 2. The Morgan fingerprint density at radius 1 is 1.04 bits per heavy atom. The molecule has 0 aliphatic carbocycles. The first-order valence-corrected chi connectivity index (χ1v) is 9.37. The molecule has 2 aromatic carbocycles. The number of quaternary nitrogens is 1. The fourth-order valence-corrected chi connectivity index (χ4v) is 3.76. The van der Waals surface area contributed by atoms with Gasteiger partial charge in [0.15, 0.2) is 5.76 Å². The second-order valence-corrected chi connectivity index (χ2v) is 7.08. The summed E-state index contributed by atoms with van der Waals surface area (Å²) in [6.45, 7) is 6.67. The van der Waals surface area contributed by atoms with E-state index in [4.69, 9.17) is 4.42 Å². The quantitative estimate of drug-likeness (QED) is 0.785. The van der Waals surface area contributed by atoms with E-state index >= 15 is 0 Å². The third-order valence-corrected chi connectivity index (χ3v) is 5.41. The number of para-hydroxylation sites is 1. The van der Waals surface area contributed by atoms with Gasteiger partial charge in [-0.1, -0.05) is 48.5 Å². The Kier molecular flexibility index (Phi) is 4.76. The van der Waals surface area contributed by atoms with Crippen LogP contribution in [0.2, 0.25) is 0 Å². The van der Waals surface area contributed by atoms with Crippen LogP contribution in [0.25, 0.3) is 11.0 Å². The number of hydrogen-bond donors (Lipinski definition) is 1. The number of aryl methyl sites for hydroxylation is 1. The van der Waals surface area contributed by atoms with E-state index in [1.807, 2.05) is 36.1 Å². The summed E-state index contributed by atoms with van der Waals surface area (Å²) < 4.78 is 5.85. The van der Waals surface area contributed by atoms with Crippen LogP contribution in [0.3, 0.4) is 0 Å². The van der Waals surface area contributed by atoms with Crippen molar-refractivity contribution in [1.82, 2.24) is 4.90 Å². The molecule has 4 nitrogen and oxygen atoms in total. The Balaban J connectivity index is 1.36. The lowest BCUT2D eigenvalue weighted by Crippen LogP contribution is -3.15. The Bertz CT molecular complexity index is 893. The van der Waals surface area contributed by atoms with Crippen molar-refractivity contribution in [3.8, 4) is 0 Å². The summed E-state index contributed by atoms with van der Waals surface area (Å²) in [5, 5.41) is 1.03. The van der Waals surface area contributed by atoms with Crippen molar-refractivity contribution < 1.29 is 14.1 Å². The number of carbonyl (C=O) groups excluding carboxylic acids is 1. The topological polar surface area (TPSA) is 37.9 Å². The highest BCUT2D eigenvalue weighted by atomic mass is 16.3. The Morgan fingerprint density at radius 3 is 2.46 bits per heavy atom. The van der Waals surface area contributed by atoms with Gasteiger partial charge in [0.25, 0.3) is 5.91 Å². The predicted molar refractivity (Wildman–Crippen MR) is 103 cm³/mol. The molecule has 1 fully saturated rings. The van der Waals surface area contributed by atoms with E-state index in [2.05, 4.69) is 30.3 Å². The number of fused-ring (bicyclic) bond motifs is 1. The zero-order valence-corrected chi connectivity index (χ0v) is 15.2. The molecule has 134 valence electrons. The largest absolute Gasteiger partial charge is 0.451 e. The Hall–Kier alpha value is -2.59. The van der Waals surface area contributed by atoms with E-state index in [1.54, 1.807) is 4.90 Å². The fraction of sp³-hybridized carbons (Fsp3) is 0.318. The molecule has 0 unspecified atom stereocenters. The molecule has 0 radical (unpaired) electrons. The number of carbonyl (C=O) groups is 1. The van der Waals surface area contributed by atoms with Crippen molar-refractivity contribution >= 4 is 16.9 Å². The van der Waals surface area contributed by atoms with Crippen molar-refractivity contribution in [2.24, 2.45) is 0 Å². The third kappa shape index (κ3) is 3.37. The van der Waals surface area contributed by atoms with Gasteiger partial charge in [-0.25, -0.2) is 0 Å².